The van der Waals surface area contributed by atoms with Gasteiger partial charge in [0.2, 0.25) is 0 Å². The molecule has 0 aliphatic carbocycles. The summed E-state index contributed by atoms with van der Waals surface area (Å²) in [5, 5.41) is 2.80. The molecule has 0 atom stereocenters. The van der Waals surface area contributed by atoms with Gasteiger partial charge in [0.15, 0.2) is 0 Å². The second-order valence-electron chi connectivity index (χ2n) is 6.04. The summed E-state index contributed by atoms with van der Waals surface area (Å²) in [6.07, 6.45) is 6.02. The molecule has 2 heterocycles. The molecule has 25 heavy (non-hydrogen) atoms. The normalized spacial score (nSPS) is 13.4. The first kappa shape index (κ1) is 17.3. The average molecular weight is 344 g/mol. The van der Waals surface area contributed by atoms with Crippen LogP contribution in [0, 0.1) is 0 Å². The quantitative estimate of drug-likeness (QED) is 0.755. The van der Waals surface area contributed by atoms with Crippen molar-refractivity contribution in [1.82, 2.24) is 9.97 Å². The number of rotatable bonds is 7. The summed E-state index contributed by atoms with van der Waals surface area (Å²) in [5.74, 6) is 0. The number of benzene rings is 1. The van der Waals surface area contributed by atoms with Crippen LogP contribution in [-0.4, -0.2) is 42.9 Å². The molecule has 3 rings (SSSR count). The number of amides is 1. The van der Waals surface area contributed by atoms with Crippen LogP contribution in [0.3, 0.4) is 0 Å². The number of aromatic amines is 1. The maximum absolute atomic E-state index is 11.9. The van der Waals surface area contributed by atoms with Gasteiger partial charge in [0, 0.05) is 44.3 Å². The number of aryl methyl sites for hydroxylation is 1. The fraction of sp³-hybridized carbons (Fsp3) is 0.444. The van der Waals surface area contributed by atoms with Gasteiger partial charge in [-0.3, -0.25) is 5.32 Å². The zero-order chi connectivity index (χ0) is 17.5. The van der Waals surface area contributed by atoms with Crippen molar-refractivity contribution in [2.24, 2.45) is 0 Å². The monoisotopic (exact) mass is 344 g/mol. The van der Waals surface area contributed by atoms with E-state index in [2.05, 4.69) is 26.3 Å². The number of methoxy groups -OCH3 is 1. The molecule has 1 aliphatic rings. The number of anilines is 2. The predicted octanol–water partition coefficient (Wildman–Crippen LogP) is 2.95. The molecule has 0 spiro atoms. The lowest BCUT2D eigenvalue weighted by molar-refractivity contribution is 0.134. The highest BCUT2D eigenvalue weighted by atomic mass is 16.5. The van der Waals surface area contributed by atoms with E-state index in [1.165, 1.54) is 5.56 Å². The molecule has 0 unspecified atom stereocenters. The molecule has 1 aromatic carbocycles. The molecule has 1 amide bonds. The van der Waals surface area contributed by atoms with Crippen molar-refractivity contribution in [2.75, 3.05) is 37.1 Å². The van der Waals surface area contributed by atoms with Crippen molar-refractivity contribution < 1.29 is 14.3 Å². The third-order valence-corrected chi connectivity index (χ3v) is 4.18. The molecule has 0 saturated heterocycles. The number of fused-ring (bicyclic) bond motifs is 1. The lowest BCUT2D eigenvalue weighted by Crippen LogP contribution is -2.29. The van der Waals surface area contributed by atoms with Crippen molar-refractivity contribution in [3.63, 3.8) is 0 Å². The van der Waals surface area contributed by atoms with Gasteiger partial charge < -0.3 is 19.4 Å². The van der Waals surface area contributed by atoms with Gasteiger partial charge in [-0.1, -0.05) is 6.07 Å². The first-order valence-corrected chi connectivity index (χ1v) is 8.54. The maximum atomic E-state index is 11.9. The lowest BCUT2D eigenvalue weighted by Gasteiger charge is -2.31. The smallest absolute Gasteiger partial charge is 0.411 e. The molecule has 0 radical (unpaired) electrons. The molecule has 0 saturated carbocycles. The van der Waals surface area contributed by atoms with Crippen LogP contribution in [0.5, 0.6) is 0 Å². The van der Waals surface area contributed by atoms with E-state index in [1.807, 2.05) is 18.3 Å². The molecule has 1 aromatic heterocycles. The summed E-state index contributed by atoms with van der Waals surface area (Å²) in [6.45, 7) is 2.65. The van der Waals surface area contributed by atoms with Crippen LogP contribution in [0.1, 0.15) is 24.1 Å². The molecule has 2 aromatic rings. The van der Waals surface area contributed by atoms with Crippen LogP contribution in [0.15, 0.2) is 30.7 Å². The molecule has 134 valence electrons. The number of nitrogens with one attached hydrogen (secondary N) is 2. The molecule has 2 N–H and O–H groups in total. The van der Waals surface area contributed by atoms with Crippen LogP contribution in [0.2, 0.25) is 0 Å². The zero-order valence-corrected chi connectivity index (χ0v) is 14.5. The summed E-state index contributed by atoms with van der Waals surface area (Å²) >= 11 is 0. The number of imidazole rings is 1. The van der Waals surface area contributed by atoms with Crippen molar-refractivity contribution in [3.05, 3.63) is 42.0 Å². The summed E-state index contributed by atoms with van der Waals surface area (Å²) in [4.78, 5) is 21.5. The molecule has 1 aliphatic heterocycles. The highest BCUT2D eigenvalue weighted by Gasteiger charge is 2.18. The van der Waals surface area contributed by atoms with Crippen molar-refractivity contribution in [2.45, 2.75) is 25.8 Å². The molecular weight excluding hydrogens is 320 g/mol. The van der Waals surface area contributed by atoms with Gasteiger partial charge in [0.25, 0.3) is 0 Å². The Morgan fingerprint density at radius 2 is 2.32 bits per heavy atom. The highest BCUT2D eigenvalue weighted by Crippen LogP contribution is 2.31. The van der Waals surface area contributed by atoms with Crippen molar-refractivity contribution in [1.29, 1.82) is 0 Å². The third kappa shape index (κ3) is 4.73. The fourth-order valence-corrected chi connectivity index (χ4v) is 2.99. The SMILES string of the molecule is COCCCOC(=O)Nc1ccc2c(c1)N(Cc1c[nH]cn1)CCC2. The topological polar surface area (TPSA) is 79.5 Å². The van der Waals surface area contributed by atoms with Gasteiger partial charge in [0.1, 0.15) is 0 Å². The Morgan fingerprint density at radius 1 is 1.40 bits per heavy atom. The summed E-state index contributed by atoms with van der Waals surface area (Å²) in [5.41, 5.74) is 4.18. The molecule has 0 fully saturated rings. The number of ether oxygens (including phenoxy) is 2. The minimum Gasteiger partial charge on any atom is -0.449 e. The Hall–Kier alpha value is -2.54. The number of hydrogen-bond acceptors (Lipinski definition) is 5. The van der Waals surface area contributed by atoms with Crippen molar-refractivity contribution in [3.8, 4) is 0 Å². The number of hydrogen-bond donors (Lipinski definition) is 2. The zero-order valence-electron chi connectivity index (χ0n) is 14.5. The lowest BCUT2D eigenvalue weighted by atomic mass is 10.0. The van der Waals surface area contributed by atoms with Gasteiger partial charge in [0.05, 0.1) is 25.2 Å². The van der Waals surface area contributed by atoms with Gasteiger partial charge in [-0.05, 0) is 30.5 Å². The number of H-pyrrole nitrogens is 1. The number of nitrogens with zero attached hydrogens (tertiary/aromatic N) is 2. The first-order chi connectivity index (χ1) is 12.3. The summed E-state index contributed by atoms with van der Waals surface area (Å²) in [7, 11) is 1.63. The van der Waals surface area contributed by atoms with Crippen molar-refractivity contribution >= 4 is 17.5 Å². The minimum absolute atomic E-state index is 0.343. The first-order valence-electron chi connectivity index (χ1n) is 8.54. The largest absolute Gasteiger partial charge is 0.449 e. The Balaban J connectivity index is 1.64. The number of carbonyl (C=O) groups excluding carboxylic acids is 1. The Morgan fingerprint density at radius 3 is 3.12 bits per heavy atom. The molecule has 7 heteroatoms. The van der Waals surface area contributed by atoms with E-state index in [-0.39, 0.29) is 0 Å². The second kappa shape index (κ2) is 8.53. The standard InChI is InChI=1S/C18H24N4O3/c1-24-8-3-9-25-18(23)21-15-6-5-14-4-2-7-22(17(14)10-15)12-16-11-19-13-20-16/h5-6,10-11,13H,2-4,7-9,12H2,1H3,(H,19,20)(H,21,23). The van der Waals surface area contributed by atoms with Gasteiger partial charge in [-0.25, -0.2) is 9.78 Å². The van der Waals surface area contributed by atoms with Gasteiger partial charge >= 0.3 is 6.09 Å². The second-order valence-corrected chi connectivity index (χ2v) is 6.04. The van der Waals surface area contributed by atoms with Crippen LogP contribution in [0.25, 0.3) is 0 Å². The number of carbonyl (C=O) groups is 1. The summed E-state index contributed by atoms with van der Waals surface area (Å²) < 4.78 is 10.1. The summed E-state index contributed by atoms with van der Waals surface area (Å²) in [6, 6.07) is 6.01. The van der Waals surface area contributed by atoms with E-state index < -0.39 is 6.09 Å². The molecular formula is C18H24N4O3. The third-order valence-electron chi connectivity index (χ3n) is 4.18. The highest BCUT2D eigenvalue weighted by molar-refractivity contribution is 5.85. The van der Waals surface area contributed by atoms with E-state index in [4.69, 9.17) is 9.47 Å². The minimum atomic E-state index is -0.439. The fourth-order valence-electron chi connectivity index (χ4n) is 2.99. The van der Waals surface area contributed by atoms with Crippen LogP contribution >= 0.6 is 0 Å². The average Bonchev–Trinajstić information content (AvgIpc) is 3.12. The van der Waals surface area contributed by atoms with E-state index in [9.17, 15) is 4.79 Å². The van der Waals surface area contributed by atoms with Gasteiger partial charge in [-0.15, -0.1) is 0 Å². The van der Waals surface area contributed by atoms with Crippen LogP contribution in [-0.2, 0) is 22.4 Å². The van der Waals surface area contributed by atoms with Crippen LogP contribution in [0.4, 0.5) is 16.2 Å². The number of aromatic nitrogens is 2. The Bertz CT molecular complexity index is 688. The molecule has 7 nitrogen and oxygen atoms in total. The van der Waals surface area contributed by atoms with E-state index >= 15 is 0 Å². The van der Waals surface area contributed by atoms with Crippen LogP contribution < -0.4 is 10.2 Å². The maximum Gasteiger partial charge on any atom is 0.411 e. The predicted molar refractivity (Wildman–Crippen MR) is 95.9 cm³/mol. The van der Waals surface area contributed by atoms with E-state index in [1.54, 1.807) is 13.4 Å². The Labute approximate surface area is 147 Å². The van der Waals surface area contributed by atoms with E-state index in [0.717, 1.165) is 43.0 Å². The van der Waals surface area contributed by atoms with Gasteiger partial charge in [-0.2, -0.15) is 0 Å². The Kier molecular flexibility index (Phi) is 5.90. The molecule has 0 bridgehead atoms. The van der Waals surface area contributed by atoms with E-state index in [0.29, 0.717) is 19.6 Å².